The molecule has 9 nitrogen and oxygen atoms in total. The summed E-state index contributed by atoms with van der Waals surface area (Å²) in [6.45, 7) is 1.20. The summed E-state index contributed by atoms with van der Waals surface area (Å²) in [7, 11) is 1.81. The van der Waals surface area contributed by atoms with Crippen LogP contribution in [0, 0.1) is 0 Å². The molecule has 0 aliphatic heterocycles. The van der Waals surface area contributed by atoms with E-state index >= 15 is 0 Å². The van der Waals surface area contributed by atoms with Gasteiger partial charge in [0.15, 0.2) is 0 Å². The fourth-order valence-electron chi connectivity index (χ4n) is 5.14. The zero-order valence-corrected chi connectivity index (χ0v) is 24.0. The molecule has 42 heavy (non-hydrogen) atoms. The summed E-state index contributed by atoms with van der Waals surface area (Å²) in [5.41, 5.74) is 5.82. The van der Waals surface area contributed by atoms with E-state index in [-0.39, 0.29) is 31.3 Å². The van der Waals surface area contributed by atoms with Crippen molar-refractivity contribution in [3.05, 3.63) is 112 Å². The van der Waals surface area contributed by atoms with Crippen LogP contribution in [0.5, 0.6) is 0 Å². The number of carboxylic acid groups (broad SMARTS) is 1. The minimum absolute atomic E-state index is 0.0177. The molecule has 3 N–H and O–H groups in total. The van der Waals surface area contributed by atoms with E-state index in [4.69, 9.17) is 4.74 Å². The van der Waals surface area contributed by atoms with E-state index in [9.17, 15) is 19.5 Å². The third-order valence-electron chi connectivity index (χ3n) is 7.13. The number of hydrogen-bond acceptors (Lipinski definition) is 7. The second-order valence-electron chi connectivity index (χ2n) is 10.2. The van der Waals surface area contributed by atoms with E-state index in [0.29, 0.717) is 18.0 Å². The molecule has 0 radical (unpaired) electrons. The molecular formula is C32H32N4O5S. The number of carbonyl (C=O) groups excluding carboxylic acids is 2. The number of aliphatic carboxylic acids is 1. The van der Waals surface area contributed by atoms with Gasteiger partial charge in [-0.05, 0) is 34.9 Å². The van der Waals surface area contributed by atoms with Crippen molar-refractivity contribution in [2.24, 2.45) is 0 Å². The lowest BCUT2D eigenvalue weighted by atomic mass is 9.98. The largest absolute Gasteiger partial charge is 0.480 e. The Morgan fingerprint density at radius 3 is 2.29 bits per heavy atom. The van der Waals surface area contributed by atoms with Gasteiger partial charge in [-0.3, -0.25) is 9.69 Å². The fourth-order valence-corrected chi connectivity index (χ4v) is 5.92. The van der Waals surface area contributed by atoms with E-state index < -0.39 is 24.0 Å². The maximum Gasteiger partial charge on any atom is 0.407 e. The van der Waals surface area contributed by atoms with Gasteiger partial charge >= 0.3 is 12.1 Å². The van der Waals surface area contributed by atoms with Crippen LogP contribution in [0.2, 0.25) is 0 Å². The van der Waals surface area contributed by atoms with Crippen LogP contribution < -0.4 is 10.6 Å². The van der Waals surface area contributed by atoms with Gasteiger partial charge in [-0.1, -0.05) is 78.9 Å². The molecule has 1 atom stereocenters. The Morgan fingerprint density at radius 1 is 0.976 bits per heavy atom. The molecule has 1 aromatic heterocycles. The fraction of sp³-hybridized carbons (Fsp3) is 0.250. The zero-order chi connectivity index (χ0) is 29.5. The molecule has 0 spiro atoms. The summed E-state index contributed by atoms with van der Waals surface area (Å²) in [5.74, 6) is -1.69. The number of rotatable bonds is 12. The highest BCUT2D eigenvalue weighted by molar-refractivity contribution is 7.09. The van der Waals surface area contributed by atoms with Crippen molar-refractivity contribution < 1.29 is 24.2 Å². The van der Waals surface area contributed by atoms with Crippen LogP contribution in [0.15, 0.2) is 84.2 Å². The first-order valence-corrected chi connectivity index (χ1v) is 14.6. The summed E-state index contributed by atoms with van der Waals surface area (Å²) in [6, 6.07) is 24.9. The van der Waals surface area contributed by atoms with Crippen LogP contribution in [0.1, 0.15) is 38.1 Å². The number of carbonyl (C=O) groups is 3. The molecule has 1 aliphatic rings. The first-order chi connectivity index (χ1) is 20.4. The van der Waals surface area contributed by atoms with Crippen LogP contribution in [0.25, 0.3) is 11.1 Å². The topological polar surface area (TPSA) is 121 Å². The second-order valence-corrected chi connectivity index (χ2v) is 11.1. The van der Waals surface area contributed by atoms with Crippen LogP contribution in [0.3, 0.4) is 0 Å². The number of hydrogen-bond donors (Lipinski definition) is 3. The molecule has 5 rings (SSSR count). The number of thiazole rings is 1. The highest BCUT2D eigenvalue weighted by Gasteiger charge is 2.29. The van der Waals surface area contributed by atoms with Crippen LogP contribution in [0.4, 0.5) is 4.79 Å². The lowest BCUT2D eigenvalue weighted by molar-refractivity contribution is -0.139. The third-order valence-corrected chi connectivity index (χ3v) is 8.04. The monoisotopic (exact) mass is 584 g/mol. The summed E-state index contributed by atoms with van der Waals surface area (Å²) in [5, 5.41) is 17.2. The number of fused-ring (bicyclic) bond motifs is 3. The molecule has 216 valence electrons. The number of carboxylic acids is 1. The van der Waals surface area contributed by atoms with Gasteiger partial charge in [0, 0.05) is 37.4 Å². The van der Waals surface area contributed by atoms with Gasteiger partial charge in [0.25, 0.3) is 5.91 Å². The Kier molecular flexibility index (Phi) is 9.25. The number of likely N-dealkylation sites (N-methyl/N-ethyl adjacent to an activating group) is 1. The Balaban J connectivity index is 1.07. The quantitative estimate of drug-likeness (QED) is 0.224. The first-order valence-electron chi connectivity index (χ1n) is 13.7. The summed E-state index contributed by atoms with van der Waals surface area (Å²) < 4.78 is 5.57. The van der Waals surface area contributed by atoms with Crippen LogP contribution in [-0.4, -0.2) is 65.7 Å². The Hall–Kier alpha value is -4.54. The Bertz CT molecular complexity index is 1510. The van der Waals surface area contributed by atoms with E-state index in [2.05, 4.69) is 39.9 Å². The summed E-state index contributed by atoms with van der Waals surface area (Å²) >= 11 is 1.28. The van der Waals surface area contributed by atoms with Crippen LogP contribution in [-0.2, 0) is 22.5 Å². The number of nitrogens with one attached hydrogen (secondary N) is 2. The first kappa shape index (κ1) is 29.0. The third kappa shape index (κ3) is 7.02. The summed E-state index contributed by atoms with van der Waals surface area (Å²) in [6.07, 6.45) is -0.111. The number of alkyl carbamates (subject to hydrolysis) is 1. The predicted molar refractivity (Wildman–Crippen MR) is 161 cm³/mol. The average Bonchev–Trinajstić information content (AvgIpc) is 3.59. The van der Waals surface area contributed by atoms with Gasteiger partial charge in [0.05, 0.1) is 5.01 Å². The van der Waals surface area contributed by atoms with Crippen molar-refractivity contribution in [2.45, 2.75) is 24.9 Å². The van der Waals surface area contributed by atoms with E-state index in [1.54, 1.807) is 12.4 Å². The van der Waals surface area contributed by atoms with Crippen molar-refractivity contribution in [1.29, 1.82) is 0 Å². The van der Waals surface area contributed by atoms with Gasteiger partial charge in [-0.15, -0.1) is 11.3 Å². The Labute approximate surface area is 248 Å². The maximum atomic E-state index is 12.7. The van der Waals surface area contributed by atoms with Gasteiger partial charge < -0.3 is 20.5 Å². The van der Waals surface area contributed by atoms with Gasteiger partial charge in [-0.2, -0.15) is 0 Å². The number of aromatic nitrogens is 1. The minimum atomic E-state index is -1.12. The zero-order valence-electron chi connectivity index (χ0n) is 23.2. The lowest BCUT2D eigenvalue weighted by Crippen LogP contribution is -2.47. The minimum Gasteiger partial charge on any atom is -0.480 e. The number of benzene rings is 3. The SMILES string of the molecule is CN(Cc1ccccc1)CC(NC(=O)c1csc(CCNC(=O)OCC2c3ccccc3-c3ccccc32)n1)C(=O)O. The van der Waals surface area contributed by atoms with Crippen molar-refractivity contribution >= 4 is 29.3 Å². The van der Waals surface area contributed by atoms with Crippen LogP contribution >= 0.6 is 11.3 Å². The second kappa shape index (κ2) is 13.4. The van der Waals surface area contributed by atoms with Crippen molar-refractivity contribution in [3.8, 4) is 11.1 Å². The lowest BCUT2D eigenvalue weighted by Gasteiger charge is -2.22. The molecule has 0 saturated carbocycles. The normalized spacial score (nSPS) is 12.8. The molecule has 0 saturated heterocycles. The van der Waals surface area contributed by atoms with Crippen molar-refractivity contribution in [3.63, 3.8) is 0 Å². The highest BCUT2D eigenvalue weighted by Crippen LogP contribution is 2.44. The number of ether oxygens (including phenoxy) is 1. The number of amides is 2. The average molecular weight is 585 g/mol. The predicted octanol–water partition coefficient (Wildman–Crippen LogP) is 4.54. The molecule has 4 aromatic rings. The van der Waals surface area contributed by atoms with Gasteiger partial charge in [0.2, 0.25) is 0 Å². The highest BCUT2D eigenvalue weighted by atomic mass is 32.1. The van der Waals surface area contributed by atoms with E-state index in [0.717, 1.165) is 16.7 Å². The number of nitrogens with zero attached hydrogens (tertiary/aromatic N) is 2. The van der Waals surface area contributed by atoms with Crippen molar-refractivity contribution in [1.82, 2.24) is 20.5 Å². The molecule has 2 amide bonds. The van der Waals surface area contributed by atoms with E-state index in [1.165, 1.54) is 22.5 Å². The maximum absolute atomic E-state index is 12.7. The standard InChI is InChI=1S/C32H32N4O5S/c1-36(17-21-9-3-2-4-10-21)18-27(31(38)39)35-30(37)28-20-42-29(34-28)15-16-33-32(40)41-19-26-24-13-7-5-11-22(24)23-12-6-8-14-25(23)26/h2-14,20,26-27H,15-19H2,1H3,(H,33,40)(H,35,37)(H,38,39). The molecule has 3 aromatic carbocycles. The summed E-state index contributed by atoms with van der Waals surface area (Å²) in [4.78, 5) is 43.2. The van der Waals surface area contributed by atoms with Gasteiger partial charge in [0.1, 0.15) is 18.3 Å². The molecule has 10 heteroatoms. The van der Waals surface area contributed by atoms with Crippen molar-refractivity contribution in [2.75, 3.05) is 26.7 Å². The van der Waals surface area contributed by atoms with E-state index in [1.807, 2.05) is 59.5 Å². The Morgan fingerprint density at radius 2 is 1.62 bits per heavy atom. The molecular weight excluding hydrogens is 552 g/mol. The smallest absolute Gasteiger partial charge is 0.407 e. The molecule has 1 aliphatic carbocycles. The van der Waals surface area contributed by atoms with Gasteiger partial charge in [-0.25, -0.2) is 14.6 Å². The molecule has 1 unspecified atom stereocenters. The molecule has 1 heterocycles. The molecule has 0 bridgehead atoms. The molecule has 0 fully saturated rings.